The Morgan fingerprint density at radius 1 is 1.62 bits per heavy atom. The number of aliphatic carboxylic acids is 1. The highest BCUT2D eigenvalue weighted by molar-refractivity contribution is 9.10. The summed E-state index contributed by atoms with van der Waals surface area (Å²) >= 11 is 3.38. The molecular formula is C11H14BrNO3. The first-order chi connectivity index (χ1) is 7.52. The van der Waals surface area contributed by atoms with Gasteiger partial charge >= 0.3 is 5.97 Å². The normalized spacial score (nSPS) is 12.2. The van der Waals surface area contributed by atoms with E-state index in [1.165, 1.54) is 7.11 Å². The summed E-state index contributed by atoms with van der Waals surface area (Å²) in [6, 6.07) is 3.61. The first-order valence-corrected chi connectivity index (χ1v) is 5.58. The first-order valence-electron chi connectivity index (χ1n) is 4.78. The van der Waals surface area contributed by atoms with Gasteiger partial charge in [-0.25, -0.2) is 0 Å². The molecule has 0 aliphatic heterocycles. The van der Waals surface area contributed by atoms with Gasteiger partial charge < -0.3 is 15.6 Å². The molecule has 3 N–H and O–H groups in total. The second-order valence-corrected chi connectivity index (χ2v) is 4.23. The van der Waals surface area contributed by atoms with Gasteiger partial charge in [0, 0.05) is 16.6 Å². The highest BCUT2D eigenvalue weighted by atomic mass is 79.9. The Hall–Kier alpha value is -1.07. The summed E-state index contributed by atoms with van der Waals surface area (Å²) in [4.78, 5) is 11.1. The lowest BCUT2D eigenvalue weighted by Crippen LogP contribution is -2.22. The number of ether oxygens (including phenoxy) is 1. The molecule has 1 atom stereocenters. The van der Waals surface area contributed by atoms with Gasteiger partial charge in [0.05, 0.1) is 13.0 Å². The van der Waals surface area contributed by atoms with E-state index < -0.39 is 11.9 Å². The topological polar surface area (TPSA) is 72.5 Å². The Balaban J connectivity index is 3.38. The standard InChI is InChI=1S/C11H14BrNO3/c1-6-3-4-8(16-2)9(10(6)12)7(5-13)11(14)15/h3-4,7H,5,13H2,1-2H3,(H,14,15). The van der Waals surface area contributed by atoms with Gasteiger partial charge in [0.25, 0.3) is 0 Å². The van der Waals surface area contributed by atoms with E-state index in [2.05, 4.69) is 15.9 Å². The number of hydrogen-bond acceptors (Lipinski definition) is 3. The summed E-state index contributed by atoms with van der Waals surface area (Å²) < 4.78 is 5.91. The molecule has 5 heteroatoms. The van der Waals surface area contributed by atoms with Crippen LogP contribution in [-0.2, 0) is 4.79 Å². The molecule has 1 aromatic carbocycles. The molecule has 0 aliphatic rings. The van der Waals surface area contributed by atoms with Gasteiger partial charge in [0.2, 0.25) is 0 Å². The quantitative estimate of drug-likeness (QED) is 0.887. The number of nitrogens with two attached hydrogens (primary N) is 1. The van der Waals surface area contributed by atoms with E-state index in [0.29, 0.717) is 11.3 Å². The number of carbonyl (C=O) groups is 1. The van der Waals surface area contributed by atoms with Crippen LogP contribution in [0.2, 0.25) is 0 Å². The van der Waals surface area contributed by atoms with Crippen molar-refractivity contribution >= 4 is 21.9 Å². The van der Waals surface area contributed by atoms with Crippen LogP contribution < -0.4 is 10.5 Å². The van der Waals surface area contributed by atoms with Gasteiger partial charge in [-0.3, -0.25) is 4.79 Å². The lowest BCUT2D eigenvalue weighted by Gasteiger charge is -2.17. The van der Waals surface area contributed by atoms with Crippen LogP contribution >= 0.6 is 15.9 Å². The molecule has 0 aliphatic carbocycles. The van der Waals surface area contributed by atoms with Crippen molar-refractivity contribution in [3.63, 3.8) is 0 Å². The van der Waals surface area contributed by atoms with Gasteiger partial charge in [-0.15, -0.1) is 0 Å². The summed E-state index contributed by atoms with van der Waals surface area (Å²) in [5.41, 5.74) is 7.04. The minimum absolute atomic E-state index is 0.0355. The Morgan fingerprint density at radius 2 is 2.25 bits per heavy atom. The van der Waals surface area contributed by atoms with Crippen LogP contribution in [0.4, 0.5) is 0 Å². The van der Waals surface area contributed by atoms with Crippen LogP contribution in [0.5, 0.6) is 5.75 Å². The van der Waals surface area contributed by atoms with E-state index in [9.17, 15) is 4.79 Å². The Bertz CT molecular complexity index is 406. The molecule has 0 heterocycles. The maximum absolute atomic E-state index is 11.1. The Labute approximate surface area is 103 Å². The summed E-state index contributed by atoms with van der Waals surface area (Å²) in [6.07, 6.45) is 0. The molecule has 0 radical (unpaired) electrons. The summed E-state index contributed by atoms with van der Waals surface area (Å²) in [5, 5.41) is 9.11. The molecule has 1 rings (SSSR count). The number of rotatable bonds is 4. The number of benzene rings is 1. The first kappa shape index (κ1) is 13.0. The van der Waals surface area contributed by atoms with Gasteiger partial charge in [-0.2, -0.15) is 0 Å². The molecular weight excluding hydrogens is 274 g/mol. The zero-order valence-corrected chi connectivity index (χ0v) is 10.7. The third-order valence-electron chi connectivity index (χ3n) is 2.44. The lowest BCUT2D eigenvalue weighted by molar-refractivity contribution is -0.138. The molecule has 1 unspecified atom stereocenters. The Kier molecular flexibility index (Phi) is 4.32. The molecule has 88 valence electrons. The second kappa shape index (κ2) is 5.32. The van der Waals surface area contributed by atoms with Crippen molar-refractivity contribution in [3.8, 4) is 5.75 Å². The summed E-state index contributed by atoms with van der Waals surface area (Å²) in [7, 11) is 1.51. The summed E-state index contributed by atoms with van der Waals surface area (Å²) in [5.74, 6) is -1.17. The lowest BCUT2D eigenvalue weighted by atomic mass is 9.96. The number of carboxylic acids is 1. The molecule has 0 saturated heterocycles. The molecule has 0 aromatic heterocycles. The van der Waals surface area contributed by atoms with Gasteiger partial charge in [-0.1, -0.05) is 22.0 Å². The summed E-state index contributed by atoms with van der Waals surface area (Å²) in [6.45, 7) is 1.93. The van der Waals surface area contributed by atoms with Crippen LogP contribution in [-0.4, -0.2) is 24.7 Å². The number of aryl methyl sites for hydroxylation is 1. The fourth-order valence-corrected chi connectivity index (χ4v) is 2.13. The van der Waals surface area contributed by atoms with E-state index in [-0.39, 0.29) is 6.54 Å². The van der Waals surface area contributed by atoms with Crippen molar-refractivity contribution in [1.29, 1.82) is 0 Å². The second-order valence-electron chi connectivity index (χ2n) is 3.44. The van der Waals surface area contributed by atoms with Crippen molar-refractivity contribution < 1.29 is 14.6 Å². The molecule has 4 nitrogen and oxygen atoms in total. The van der Waals surface area contributed by atoms with Gasteiger partial charge in [0.15, 0.2) is 0 Å². The molecule has 16 heavy (non-hydrogen) atoms. The predicted octanol–water partition coefficient (Wildman–Crippen LogP) is 1.89. The van der Waals surface area contributed by atoms with E-state index in [1.807, 2.05) is 13.0 Å². The van der Waals surface area contributed by atoms with Crippen molar-refractivity contribution in [2.75, 3.05) is 13.7 Å². The highest BCUT2D eigenvalue weighted by Gasteiger charge is 2.25. The van der Waals surface area contributed by atoms with Crippen LogP contribution in [0.25, 0.3) is 0 Å². The molecule has 0 fully saturated rings. The monoisotopic (exact) mass is 287 g/mol. The van der Waals surface area contributed by atoms with Crippen molar-refractivity contribution in [1.82, 2.24) is 0 Å². The predicted molar refractivity (Wildman–Crippen MR) is 64.9 cm³/mol. The number of carboxylic acid groups (broad SMARTS) is 1. The number of methoxy groups -OCH3 is 1. The van der Waals surface area contributed by atoms with Crippen LogP contribution in [0.3, 0.4) is 0 Å². The SMILES string of the molecule is COc1ccc(C)c(Br)c1C(CN)C(=O)O. The van der Waals surface area contributed by atoms with Gasteiger partial charge in [-0.05, 0) is 18.6 Å². The van der Waals surface area contributed by atoms with Crippen molar-refractivity contribution in [2.45, 2.75) is 12.8 Å². The fourth-order valence-electron chi connectivity index (χ4n) is 1.53. The van der Waals surface area contributed by atoms with E-state index in [1.54, 1.807) is 6.07 Å². The zero-order chi connectivity index (χ0) is 12.3. The third-order valence-corrected chi connectivity index (χ3v) is 3.49. The van der Waals surface area contributed by atoms with Gasteiger partial charge in [0.1, 0.15) is 5.75 Å². The molecule has 0 amide bonds. The average Bonchev–Trinajstić information content (AvgIpc) is 2.25. The van der Waals surface area contributed by atoms with Crippen LogP contribution in [0, 0.1) is 6.92 Å². The van der Waals surface area contributed by atoms with E-state index >= 15 is 0 Å². The Morgan fingerprint density at radius 3 is 2.69 bits per heavy atom. The average molecular weight is 288 g/mol. The van der Waals surface area contributed by atoms with Crippen LogP contribution in [0.1, 0.15) is 17.0 Å². The largest absolute Gasteiger partial charge is 0.496 e. The van der Waals surface area contributed by atoms with Crippen LogP contribution in [0.15, 0.2) is 16.6 Å². The minimum Gasteiger partial charge on any atom is -0.496 e. The molecule has 0 saturated carbocycles. The maximum Gasteiger partial charge on any atom is 0.312 e. The molecule has 0 spiro atoms. The van der Waals surface area contributed by atoms with Crippen molar-refractivity contribution in [3.05, 3.63) is 27.7 Å². The zero-order valence-electron chi connectivity index (χ0n) is 9.16. The fraction of sp³-hybridized carbons (Fsp3) is 0.364. The van der Waals surface area contributed by atoms with Crippen molar-refractivity contribution in [2.24, 2.45) is 5.73 Å². The minimum atomic E-state index is -0.952. The third kappa shape index (κ3) is 2.36. The van der Waals surface area contributed by atoms with E-state index in [0.717, 1.165) is 10.0 Å². The maximum atomic E-state index is 11.1. The number of halogens is 1. The number of hydrogen-bond donors (Lipinski definition) is 2. The smallest absolute Gasteiger partial charge is 0.312 e. The van der Waals surface area contributed by atoms with E-state index in [4.69, 9.17) is 15.6 Å². The highest BCUT2D eigenvalue weighted by Crippen LogP contribution is 2.35. The molecule has 0 bridgehead atoms. The molecule has 1 aromatic rings.